The zero-order chi connectivity index (χ0) is 14.5. The van der Waals surface area contributed by atoms with Crippen LogP contribution in [0.4, 0.5) is 4.39 Å². The normalized spacial score (nSPS) is 19.2. The van der Waals surface area contributed by atoms with Gasteiger partial charge in [-0.05, 0) is 49.4 Å². The second-order valence-electron chi connectivity index (χ2n) is 6.46. The predicted octanol–water partition coefficient (Wildman–Crippen LogP) is 3.34. The fourth-order valence-corrected chi connectivity index (χ4v) is 3.01. The number of benzene rings is 1. The van der Waals surface area contributed by atoms with Crippen LogP contribution in [0, 0.1) is 18.7 Å². The third-order valence-corrected chi connectivity index (χ3v) is 3.89. The Morgan fingerprint density at radius 3 is 2.80 bits per heavy atom. The van der Waals surface area contributed by atoms with Gasteiger partial charge in [-0.2, -0.15) is 0 Å². The molecule has 2 nitrogen and oxygen atoms in total. The first-order chi connectivity index (χ1) is 9.54. The summed E-state index contributed by atoms with van der Waals surface area (Å²) in [6.07, 6.45) is 2.56. The highest BCUT2D eigenvalue weighted by molar-refractivity contribution is 5.23. The van der Waals surface area contributed by atoms with Gasteiger partial charge in [0.1, 0.15) is 5.82 Å². The molecule has 1 saturated heterocycles. The summed E-state index contributed by atoms with van der Waals surface area (Å²) < 4.78 is 13.4. The smallest absolute Gasteiger partial charge is 0.126 e. The van der Waals surface area contributed by atoms with Gasteiger partial charge in [0.05, 0.1) is 0 Å². The largest absolute Gasteiger partial charge is 0.313 e. The second-order valence-corrected chi connectivity index (χ2v) is 6.46. The van der Waals surface area contributed by atoms with E-state index in [4.69, 9.17) is 0 Å². The molecule has 2 rings (SSSR count). The van der Waals surface area contributed by atoms with Crippen molar-refractivity contribution in [3.05, 3.63) is 35.1 Å². The molecule has 3 heteroatoms. The number of rotatable bonds is 6. The summed E-state index contributed by atoms with van der Waals surface area (Å²) in [6, 6.07) is 6.10. The molecule has 0 aliphatic carbocycles. The molecule has 1 atom stereocenters. The standard InChI is InChI=1S/C17H27FN2/c1-13(2)10-20(12-16-5-4-8-19-16)11-15-6-7-17(18)14(3)9-15/h6-7,9,13,16,19H,4-5,8,10-12H2,1-3H3. The molecule has 20 heavy (non-hydrogen) atoms. The molecule has 0 bridgehead atoms. The summed E-state index contributed by atoms with van der Waals surface area (Å²) in [6.45, 7) is 10.6. The zero-order valence-corrected chi connectivity index (χ0v) is 13.0. The Morgan fingerprint density at radius 2 is 2.20 bits per heavy atom. The van der Waals surface area contributed by atoms with Crippen molar-refractivity contribution < 1.29 is 4.39 Å². The third-order valence-electron chi connectivity index (χ3n) is 3.89. The maximum absolute atomic E-state index is 13.4. The lowest BCUT2D eigenvalue weighted by Gasteiger charge is -2.27. The molecule has 1 fully saturated rings. The molecular formula is C17H27FN2. The first-order valence-corrected chi connectivity index (χ1v) is 7.75. The van der Waals surface area contributed by atoms with Gasteiger partial charge in [0.15, 0.2) is 0 Å². The van der Waals surface area contributed by atoms with Gasteiger partial charge in [-0.3, -0.25) is 4.90 Å². The van der Waals surface area contributed by atoms with E-state index in [1.807, 2.05) is 19.1 Å². The van der Waals surface area contributed by atoms with E-state index in [9.17, 15) is 4.39 Å². The first kappa shape index (κ1) is 15.5. The van der Waals surface area contributed by atoms with Gasteiger partial charge in [-0.15, -0.1) is 0 Å². The molecule has 1 aromatic rings. The van der Waals surface area contributed by atoms with E-state index >= 15 is 0 Å². The van der Waals surface area contributed by atoms with Crippen LogP contribution in [-0.2, 0) is 6.54 Å². The highest BCUT2D eigenvalue weighted by atomic mass is 19.1. The van der Waals surface area contributed by atoms with E-state index in [-0.39, 0.29) is 5.82 Å². The SMILES string of the molecule is Cc1cc(CN(CC(C)C)CC2CCCN2)ccc1F. The Balaban J connectivity index is 1.99. The Kier molecular flexibility index (Phi) is 5.55. The van der Waals surface area contributed by atoms with Gasteiger partial charge in [-0.25, -0.2) is 4.39 Å². The quantitative estimate of drug-likeness (QED) is 0.858. The van der Waals surface area contributed by atoms with E-state index in [0.29, 0.717) is 12.0 Å². The molecule has 1 aliphatic rings. The van der Waals surface area contributed by atoms with Crippen molar-refractivity contribution in [2.75, 3.05) is 19.6 Å². The summed E-state index contributed by atoms with van der Waals surface area (Å²) in [7, 11) is 0. The number of nitrogens with one attached hydrogen (secondary N) is 1. The third kappa shape index (κ3) is 4.57. The van der Waals surface area contributed by atoms with Gasteiger partial charge in [0.2, 0.25) is 0 Å². The van der Waals surface area contributed by atoms with Crippen molar-refractivity contribution in [3.8, 4) is 0 Å². The highest BCUT2D eigenvalue weighted by Gasteiger charge is 2.18. The van der Waals surface area contributed by atoms with Crippen molar-refractivity contribution >= 4 is 0 Å². The van der Waals surface area contributed by atoms with Gasteiger partial charge in [0, 0.05) is 25.7 Å². The molecule has 112 valence electrons. The lowest BCUT2D eigenvalue weighted by molar-refractivity contribution is 0.216. The lowest BCUT2D eigenvalue weighted by atomic mass is 10.1. The minimum absolute atomic E-state index is 0.110. The Morgan fingerprint density at radius 1 is 1.40 bits per heavy atom. The number of halogens is 1. The lowest BCUT2D eigenvalue weighted by Crippen LogP contribution is -2.39. The number of aryl methyl sites for hydroxylation is 1. The molecule has 1 heterocycles. The fraction of sp³-hybridized carbons (Fsp3) is 0.647. The molecule has 0 aromatic heterocycles. The van der Waals surface area contributed by atoms with Crippen molar-refractivity contribution in [2.24, 2.45) is 5.92 Å². The van der Waals surface area contributed by atoms with Crippen LogP contribution >= 0.6 is 0 Å². The van der Waals surface area contributed by atoms with E-state index in [1.165, 1.54) is 18.4 Å². The molecular weight excluding hydrogens is 251 g/mol. The number of hydrogen-bond acceptors (Lipinski definition) is 2. The van der Waals surface area contributed by atoms with Crippen molar-refractivity contribution in [1.82, 2.24) is 10.2 Å². The summed E-state index contributed by atoms with van der Waals surface area (Å²) >= 11 is 0. The summed E-state index contributed by atoms with van der Waals surface area (Å²) in [4.78, 5) is 2.50. The molecule has 0 amide bonds. The van der Waals surface area contributed by atoms with Gasteiger partial charge < -0.3 is 5.32 Å². The molecule has 1 unspecified atom stereocenters. The molecule has 0 saturated carbocycles. The van der Waals surface area contributed by atoms with Crippen LogP contribution in [0.1, 0.15) is 37.8 Å². The van der Waals surface area contributed by atoms with Gasteiger partial charge in [-0.1, -0.05) is 26.0 Å². The minimum atomic E-state index is -0.110. The number of nitrogens with zero attached hydrogens (tertiary/aromatic N) is 1. The second kappa shape index (κ2) is 7.19. The average Bonchev–Trinajstić information content (AvgIpc) is 2.86. The van der Waals surface area contributed by atoms with Gasteiger partial charge in [0.25, 0.3) is 0 Å². The van der Waals surface area contributed by atoms with Crippen LogP contribution in [0.25, 0.3) is 0 Å². The van der Waals surface area contributed by atoms with Crippen molar-refractivity contribution in [3.63, 3.8) is 0 Å². The zero-order valence-electron chi connectivity index (χ0n) is 13.0. The van der Waals surface area contributed by atoms with Crippen LogP contribution in [0.3, 0.4) is 0 Å². The van der Waals surface area contributed by atoms with Crippen LogP contribution < -0.4 is 5.32 Å². The molecule has 1 aliphatic heterocycles. The Hall–Kier alpha value is -0.930. The first-order valence-electron chi connectivity index (χ1n) is 7.75. The molecule has 0 radical (unpaired) electrons. The van der Waals surface area contributed by atoms with E-state index in [0.717, 1.165) is 31.7 Å². The Bertz CT molecular complexity index is 425. The van der Waals surface area contributed by atoms with Crippen LogP contribution in [0.2, 0.25) is 0 Å². The fourth-order valence-electron chi connectivity index (χ4n) is 3.01. The van der Waals surface area contributed by atoms with Gasteiger partial charge >= 0.3 is 0 Å². The average molecular weight is 278 g/mol. The van der Waals surface area contributed by atoms with Crippen LogP contribution in [0.5, 0.6) is 0 Å². The monoisotopic (exact) mass is 278 g/mol. The predicted molar refractivity (Wildman–Crippen MR) is 82.3 cm³/mol. The van der Waals surface area contributed by atoms with E-state index in [1.54, 1.807) is 6.07 Å². The molecule has 1 aromatic carbocycles. The summed E-state index contributed by atoms with van der Waals surface area (Å²) in [5.74, 6) is 0.541. The van der Waals surface area contributed by atoms with E-state index < -0.39 is 0 Å². The molecule has 0 spiro atoms. The maximum atomic E-state index is 13.4. The summed E-state index contributed by atoms with van der Waals surface area (Å²) in [5.41, 5.74) is 1.95. The highest BCUT2D eigenvalue weighted by Crippen LogP contribution is 2.15. The van der Waals surface area contributed by atoms with Crippen molar-refractivity contribution in [2.45, 2.75) is 46.2 Å². The van der Waals surface area contributed by atoms with Crippen LogP contribution in [0.15, 0.2) is 18.2 Å². The van der Waals surface area contributed by atoms with Crippen molar-refractivity contribution in [1.29, 1.82) is 0 Å². The Labute approximate surface area is 122 Å². The van der Waals surface area contributed by atoms with Crippen LogP contribution in [-0.4, -0.2) is 30.6 Å². The summed E-state index contributed by atoms with van der Waals surface area (Å²) in [5, 5.41) is 3.56. The number of hydrogen-bond donors (Lipinski definition) is 1. The topological polar surface area (TPSA) is 15.3 Å². The van der Waals surface area contributed by atoms with E-state index in [2.05, 4.69) is 24.1 Å². The minimum Gasteiger partial charge on any atom is -0.313 e. The maximum Gasteiger partial charge on any atom is 0.126 e. The molecule has 1 N–H and O–H groups in total.